The quantitative estimate of drug-likeness (QED) is 0.0169. The zero-order valence-electron chi connectivity index (χ0n) is 65.0. The first-order chi connectivity index (χ1) is 49.7. The van der Waals surface area contributed by atoms with Crippen LogP contribution < -0.4 is 0 Å². The Morgan fingerprint density at radius 3 is 0.794 bits per heavy atom. The molecule has 594 valence electrons. The maximum absolute atomic E-state index is 13.1. The largest absolute Gasteiger partial charge is 0.472 e. The summed E-state index contributed by atoms with van der Waals surface area (Å²) >= 11 is 0. The van der Waals surface area contributed by atoms with E-state index >= 15 is 0 Å². The molecule has 0 aliphatic carbocycles. The first-order valence-corrected chi connectivity index (χ1v) is 44.2. The van der Waals surface area contributed by atoms with E-state index in [1.165, 1.54) is 167 Å². The van der Waals surface area contributed by atoms with Gasteiger partial charge in [0.1, 0.15) is 19.3 Å². The molecule has 0 radical (unpaired) electrons. The van der Waals surface area contributed by atoms with Crippen LogP contribution in [0.4, 0.5) is 0 Å². The molecule has 0 aromatic rings. The molecule has 0 fully saturated rings. The third kappa shape index (κ3) is 74.8. The van der Waals surface area contributed by atoms with Gasteiger partial charge in [-0.3, -0.25) is 37.3 Å². The van der Waals surface area contributed by atoms with E-state index in [2.05, 4.69) is 88.5 Å². The van der Waals surface area contributed by atoms with E-state index in [-0.39, 0.29) is 25.7 Å². The van der Waals surface area contributed by atoms with Crippen molar-refractivity contribution in [1.29, 1.82) is 0 Å². The van der Waals surface area contributed by atoms with E-state index in [9.17, 15) is 43.2 Å². The number of carbonyl (C=O) groups is 4. The Hall–Kier alpha value is -3.50. The lowest BCUT2D eigenvalue weighted by Gasteiger charge is -2.21. The Morgan fingerprint density at radius 1 is 0.275 bits per heavy atom. The second-order valence-corrected chi connectivity index (χ2v) is 30.6. The van der Waals surface area contributed by atoms with Gasteiger partial charge in [0.2, 0.25) is 0 Å². The van der Waals surface area contributed by atoms with Crippen molar-refractivity contribution in [3.05, 3.63) is 72.9 Å². The molecule has 0 aromatic carbocycles. The Labute approximate surface area is 622 Å². The number of unbranched alkanes of at least 4 members (excludes halogenated alkanes) is 40. The molecule has 17 nitrogen and oxygen atoms in total. The molecular formula is C83H150O17P2. The minimum absolute atomic E-state index is 0.0893. The van der Waals surface area contributed by atoms with Gasteiger partial charge in [-0.15, -0.1) is 0 Å². The maximum atomic E-state index is 13.1. The van der Waals surface area contributed by atoms with E-state index in [0.717, 1.165) is 122 Å². The summed E-state index contributed by atoms with van der Waals surface area (Å²) in [5.41, 5.74) is 0. The number of hydrogen-bond donors (Lipinski definition) is 3. The zero-order valence-corrected chi connectivity index (χ0v) is 66.8. The molecule has 0 rings (SSSR count). The summed E-state index contributed by atoms with van der Waals surface area (Å²) in [6, 6.07) is 0. The molecule has 5 atom stereocenters. The summed E-state index contributed by atoms with van der Waals surface area (Å²) in [5.74, 6) is -2.22. The fourth-order valence-electron chi connectivity index (χ4n) is 11.4. The standard InChI is InChI=1S/C83H150O17P2/c1-5-9-13-17-21-25-29-33-36-38-41-45-48-52-56-60-64-68-81(86)94-74-79(100-83(88)70-66-62-58-54-50-46-42-39-37-34-30-26-22-18-14-10-6-2)76-98-102(91,92)96-72-77(84)71-95-101(89,90)97-75-78(99-82(87)69-65-61-57-53-49-43-32-28-24-20-16-12-8-4)73-93-80(85)67-63-59-55-51-47-44-40-35-31-27-23-19-15-11-7-3/h21,23,25,27,33,35-36,40-41,45,52,56,77-79,84H,5-20,22,24,26,28-32,34,37-39,42-44,46-51,53-55,57-76H2,1-4H3,(H,89,90)(H,91,92)/b25-21-,27-23-,36-33-,40-35-,45-41-,56-52-/t77-,78+,79+/m0/s1. The average molecular weight is 1480 g/mol. The highest BCUT2D eigenvalue weighted by molar-refractivity contribution is 7.47. The van der Waals surface area contributed by atoms with Gasteiger partial charge in [-0.25, -0.2) is 9.13 Å². The van der Waals surface area contributed by atoms with Crippen LogP contribution >= 0.6 is 15.6 Å². The van der Waals surface area contributed by atoms with Crippen molar-refractivity contribution in [3.63, 3.8) is 0 Å². The zero-order chi connectivity index (χ0) is 74.6. The van der Waals surface area contributed by atoms with Crippen molar-refractivity contribution in [1.82, 2.24) is 0 Å². The summed E-state index contributed by atoms with van der Waals surface area (Å²) < 4.78 is 68.6. The Bertz CT molecular complexity index is 2210. The predicted molar refractivity (Wildman–Crippen MR) is 418 cm³/mol. The number of allylic oxidation sites excluding steroid dienone is 12. The van der Waals surface area contributed by atoms with Crippen molar-refractivity contribution in [2.45, 2.75) is 393 Å². The third-order valence-electron chi connectivity index (χ3n) is 17.7. The number of carbonyl (C=O) groups excluding carboxylic acids is 4. The maximum Gasteiger partial charge on any atom is 0.472 e. The lowest BCUT2D eigenvalue weighted by Crippen LogP contribution is -2.30. The number of esters is 4. The number of hydrogen-bond acceptors (Lipinski definition) is 15. The van der Waals surface area contributed by atoms with E-state index in [1.54, 1.807) is 0 Å². The van der Waals surface area contributed by atoms with Crippen LogP contribution in [0.3, 0.4) is 0 Å². The highest BCUT2D eigenvalue weighted by atomic mass is 31.2. The fraction of sp³-hybridized carbons (Fsp3) is 0.807. The molecule has 0 heterocycles. The summed E-state index contributed by atoms with van der Waals surface area (Å²) in [7, 11) is -9.96. The number of aliphatic hydroxyl groups is 1. The molecule has 102 heavy (non-hydrogen) atoms. The highest BCUT2D eigenvalue weighted by Gasteiger charge is 2.30. The van der Waals surface area contributed by atoms with Crippen molar-refractivity contribution in [3.8, 4) is 0 Å². The third-order valence-corrected chi connectivity index (χ3v) is 19.6. The van der Waals surface area contributed by atoms with Crippen molar-refractivity contribution in [2.75, 3.05) is 39.6 Å². The first-order valence-electron chi connectivity index (χ1n) is 41.2. The molecule has 0 aromatic heterocycles. The van der Waals surface area contributed by atoms with Crippen LogP contribution in [-0.4, -0.2) is 96.7 Å². The molecule has 19 heteroatoms. The van der Waals surface area contributed by atoms with Crippen LogP contribution in [0.1, 0.15) is 374 Å². The number of rotatable bonds is 78. The minimum atomic E-state index is -4.98. The van der Waals surface area contributed by atoms with Crippen LogP contribution in [-0.2, 0) is 65.4 Å². The van der Waals surface area contributed by atoms with Crippen LogP contribution in [0.25, 0.3) is 0 Å². The van der Waals surface area contributed by atoms with E-state index in [4.69, 9.17) is 37.0 Å². The SMILES string of the molecule is CCCCC/C=C\C/C=C\C/C=C\C/C=C\CCCC(=O)OC[C@H](COP(=O)(O)OC[C@@H](O)COP(=O)(O)OC[C@@H](COC(=O)CCCCCCC/C=C\C/C=C\CCCCC)OC(=O)CCCCCCCCCCCCCCC)OC(=O)CCCCCCCCCCCCCCCCCCC. The van der Waals surface area contributed by atoms with Gasteiger partial charge in [0, 0.05) is 25.7 Å². The molecule has 2 unspecified atom stereocenters. The molecule has 0 saturated heterocycles. The van der Waals surface area contributed by atoms with Gasteiger partial charge in [0.15, 0.2) is 12.2 Å². The average Bonchev–Trinajstić information content (AvgIpc) is 0.959. The molecule has 0 bridgehead atoms. The van der Waals surface area contributed by atoms with Gasteiger partial charge in [0.05, 0.1) is 26.4 Å². The van der Waals surface area contributed by atoms with Crippen molar-refractivity contribution < 1.29 is 80.2 Å². The van der Waals surface area contributed by atoms with Crippen LogP contribution in [0.5, 0.6) is 0 Å². The minimum Gasteiger partial charge on any atom is -0.462 e. The lowest BCUT2D eigenvalue weighted by molar-refractivity contribution is -0.161. The topological polar surface area (TPSA) is 237 Å². The van der Waals surface area contributed by atoms with Gasteiger partial charge in [-0.05, 0) is 96.3 Å². The Kier molecular flexibility index (Phi) is 73.1. The number of phosphoric ester groups is 2. The van der Waals surface area contributed by atoms with Crippen LogP contribution in [0.15, 0.2) is 72.9 Å². The second-order valence-electron chi connectivity index (χ2n) is 27.7. The van der Waals surface area contributed by atoms with E-state index in [1.807, 2.05) is 12.2 Å². The summed E-state index contributed by atoms with van der Waals surface area (Å²) in [4.78, 5) is 73.0. The van der Waals surface area contributed by atoms with Gasteiger partial charge in [-0.2, -0.15) is 0 Å². The summed E-state index contributed by atoms with van der Waals surface area (Å²) in [6.07, 6.45) is 77.3. The molecular weight excluding hydrogens is 1330 g/mol. The smallest absolute Gasteiger partial charge is 0.462 e. The second kappa shape index (κ2) is 75.7. The molecule has 0 saturated carbocycles. The number of aliphatic hydroxyl groups excluding tert-OH is 1. The predicted octanol–water partition coefficient (Wildman–Crippen LogP) is 24.0. The molecule has 0 spiro atoms. The summed E-state index contributed by atoms with van der Waals surface area (Å²) in [6.45, 7) is 4.82. The number of ether oxygens (including phenoxy) is 4. The van der Waals surface area contributed by atoms with E-state index in [0.29, 0.717) is 32.1 Å². The van der Waals surface area contributed by atoms with Crippen LogP contribution in [0, 0.1) is 0 Å². The van der Waals surface area contributed by atoms with Gasteiger partial charge < -0.3 is 33.8 Å². The number of phosphoric acid groups is 2. The fourth-order valence-corrected chi connectivity index (χ4v) is 12.9. The normalized spacial score (nSPS) is 14.2. The Morgan fingerprint density at radius 2 is 0.490 bits per heavy atom. The molecule has 0 aliphatic heterocycles. The molecule has 3 N–H and O–H groups in total. The van der Waals surface area contributed by atoms with Gasteiger partial charge in [-0.1, -0.05) is 325 Å². The lowest BCUT2D eigenvalue weighted by atomic mass is 10.0. The van der Waals surface area contributed by atoms with Crippen molar-refractivity contribution >= 4 is 39.5 Å². The summed E-state index contributed by atoms with van der Waals surface area (Å²) in [5, 5.41) is 10.6. The van der Waals surface area contributed by atoms with Gasteiger partial charge in [0.25, 0.3) is 0 Å². The first kappa shape index (κ1) is 98.5. The van der Waals surface area contributed by atoms with Crippen LogP contribution in [0.2, 0.25) is 0 Å². The molecule has 0 amide bonds. The van der Waals surface area contributed by atoms with Crippen molar-refractivity contribution in [2.24, 2.45) is 0 Å². The highest BCUT2D eigenvalue weighted by Crippen LogP contribution is 2.45. The molecule has 0 aliphatic rings. The van der Waals surface area contributed by atoms with E-state index < -0.39 is 97.5 Å². The monoisotopic (exact) mass is 1480 g/mol. The van der Waals surface area contributed by atoms with Gasteiger partial charge >= 0.3 is 39.5 Å². The Balaban J connectivity index is 5.37.